The molecule has 9 heteroatoms. The number of piperidine rings is 1. The summed E-state index contributed by atoms with van der Waals surface area (Å²) in [4.78, 5) is 17.0. The molecule has 1 atom stereocenters. The minimum atomic E-state index is -3.59. The van der Waals surface area contributed by atoms with Gasteiger partial charge in [0.15, 0.2) is 0 Å². The summed E-state index contributed by atoms with van der Waals surface area (Å²) in [5.41, 5.74) is 1.78. The highest BCUT2D eigenvalue weighted by molar-refractivity contribution is 7.89. The van der Waals surface area contributed by atoms with Crippen LogP contribution < -0.4 is 10.1 Å². The second-order valence-corrected chi connectivity index (χ2v) is 12.1. The van der Waals surface area contributed by atoms with E-state index in [1.165, 1.54) is 40.8 Å². The second-order valence-electron chi connectivity index (χ2n) is 9.18. The molecule has 1 amide bonds. The average Bonchev–Trinajstić information content (AvgIpc) is 3.55. The van der Waals surface area contributed by atoms with E-state index in [0.29, 0.717) is 36.5 Å². The first-order valence-electron chi connectivity index (χ1n) is 11.8. The molecule has 1 aromatic heterocycles. The Morgan fingerprint density at radius 2 is 1.94 bits per heavy atom. The first-order chi connectivity index (χ1) is 16.0. The van der Waals surface area contributed by atoms with E-state index >= 15 is 0 Å². The SMILES string of the molecule is COc1ccc(S(=O)(=O)N2CCCCC2)cc1NC(=O)CN1CCc2sccc2C1C1CC1. The summed E-state index contributed by atoms with van der Waals surface area (Å²) in [5, 5.41) is 5.09. The average molecular weight is 490 g/mol. The smallest absolute Gasteiger partial charge is 0.243 e. The van der Waals surface area contributed by atoms with Crippen LogP contribution in [-0.4, -0.2) is 56.8 Å². The van der Waals surface area contributed by atoms with Crippen molar-refractivity contribution < 1.29 is 17.9 Å². The van der Waals surface area contributed by atoms with Crippen LogP contribution in [0.1, 0.15) is 48.6 Å². The fourth-order valence-electron chi connectivity index (χ4n) is 5.11. The molecule has 0 radical (unpaired) electrons. The summed E-state index contributed by atoms with van der Waals surface area (Å²) in [6, 6.07) is 7.23. The highest BCUT2D eigenvalue weighted by atomic mass is 32.2. The lowest BCUT2D eigenvalue weighted by Gasteiger charge is -2.35. The van der Waals surface area contributed by atoms with E-state index in [4.69, 9.17) is 4.74 Å². The van der Waals surface area contributed by atoms with Crippen molar-refractivity contribution in [3.63, 3.8) is 0 Å². The predicted octanol–water partition coefficient (Wildman–Crippen LogP) is 3.88. The van der Waals surface area contributed by atoms with Gasteiger partial charge in [0.2, 0.25) is 15.9 Å². The number of rotatable bonds is 7. The predicted molar refractivity (Wildman–Crippen MR) is 129 cm³/mol. The summed E-state index contributed by atoms with van der Waals surface area (Å²) < 4.78 is 33.2. The lowest BCUT2D eigenvalue weighted by Crippen LogP contribution is -2.41. The fraction of sp³-hybridized carbons (Fsp3) is 0.542. The monoisotopic (exact) mass is 489 g/mol. The van der Waals surface area contributed by atoms with Gasteiger partial charge in [-0.2, -0.15) is 4.31 Å². The number of carbonyl (C=O) groups is 1. The number of hydrogen-bond donors (Lipinski definition) is 1. The molecule has 2 aliphatic heterocycles. The molecule has 178 valence electrons. The molecule has 7 nitrogen and oxygen atoms in total. The van der Waals surface area contributed by atoms with Crippen molar-refractivity contribution in [1.82, 2.24) is 9.21 Å². The molecule has 33 heavy (non-hydrogen) atoms. The number of thiophene rings is 1. The van der Waals surface area contributed by atoms with Crippen LogP contribution in [0.3, 0.4) is 0 Å². The number of benzene rings is 1. The van der Waals surface area contributed by atoms with Crippen LogP contribution in [0, 0.1) is 5.92 Å². The van der Waals surface area contributed by atoms with Gasteiger partial charge in [-0.1, -0.05) is 6.42 Å². The third-order valence-corrected chi connectivity index (χ3v) is 9.82. The maximum Gasteiger partial charge on any atom is 0.243 e. The maximum atomic E-state index is 13.1. The lowest BCUT2D eigenvalue weighted by atomic mass is 9.96. The highest BCUT2D eigenvalue weighted by Crippen LogP contribution is 2.48. The molecule has 2 fully saturated rings. The molecular weight excluding hydrogens is 458 g/mol. The number of ether oxygens (including phenoxy) is 1. The van der Waals surface area contributed by atoms with Crippen LogP contribution >= 0.6 is 11.3 Å². The molecule has 0 bridgehead atoms. The summed E-state index contributed by atoms with van der Waals surface area (Å²) in [6.45, 7) is 2.22. The Morgan fingerprint density at radius 3 is 2.67 bits per heavy atom. The third kappa shape index (κ3) is 4.69. The van der Waals surface area contributed by atoms with E-state index < -0.39 is 10.0 Å². The number of sulfonamides is 1. The molecule has 3 heterocycles. The number of nitrogens with one attached hydrogen (secondary N) is 1. The zero-order valence-electron chi connectivity index (χ0n) is 19.0. The van der Waals surface area contributed by atoms with E-state index in [-0.39, 0.29) is 17.3 Å². The van der Waals surface area contributed by atoms with Crippen molar-refractivity contribution in [3.8, 4) is 5.75 Å². The molecule has 1 unspecified atom stereocenters. The number of nitrogens with zero attached hydrogens (tertiary/aromatic N) is 2. The number of hydrogen-bond acceptors (Lipinski definition) is 6. The van der Waals surface area contributed by atoms with E-state index in [9.17, 15) is 13.2 Å². The summed E-state index contributed by atoms with van der Waals surface area (Å²) in [5.74, 6) is 0.933. The Morgan fingerprint density at radius 1 is 1.15 bits per heavy atom. The second kappa shape index (κ2) is 9.37. The topological polar surface area (TPSA) is 79.0 Å². The molecule has 1 aromatic carbocycles. The van der Waals surface area contributed by atoms with Crippen molar-refractivity contribution in [2.45, 2.75) is 49.5 Å². The van der Waals surface area contributed by atoms with Crippen molar-refractivity contribution in [1.29, 1.82) is 0 Å². The maximum absolute atomic E-state index is 13.1. The Bertz CT molecular complexity index is 1120. The fourth-order valence-corrected chi connectivity index (χ4v) is 7.57. The molecule has 3 aliphatic rings. The number of fused-ring (bicyclic) bond motifs is 1. The molecule has 0 spiro atoms. The Kier molecular flexibility index (Phi) is 6.48. The van der Waals surface area contributed by atoms with Crippen LogP contribution in [0.15, 0.2) is 34.5 Å². The summed E-state index contributed by atoms with van der Waals surface area (Å²) >= 11 is 1.81. The van der Waals surface area contributed by atoms with E-state index in [1.54, 1.807) is 12.1 Å². The number of amides is 1. The van der Waals surface area contributed by atoms with Gasteiger partial charge in [0.25, 0.3) is 0 Å². The number of methoxy groups -OCH3 is 1. The van der Waals surface area contributed by atoms with Crippen molar-refractivity contribution in [3.05, 3.63) is 40.1 Å². The van der Waals surface area contributed by atoms with Crippen LogP contribution in [-0.2, 0) is 21.2 Å². The van der Waals surface area contributed by atoms with Crippen LogP contribution in [0.2, 0.25) is 0 Å². The first kappa shape index (κ1) is 22.8. The summed E-state index contributed by atoms with van der Waals surface area (Å²) in [7, 11) is -2.07. The normalized spacial score (nSPS) is 22.0. The zero-order valence-corrected chi connectivity index (χ0v) is 20.6. The number of carbonyl (C=O) groups excluding carboxylic acids is 1. The Hall–Kier alpha value is -1.94. The Balaban J connectivity index is 1.33. The van der Waals surface area contributed by atoms with Gasteiger partial charge in [0.05, 0.1) is 24.2 Å². The van der Waals surface area contributed by atoms with Crippen LogP contribution in [0.4, 0.5) is 5.69 Å². The molecule has 5 rings (SSSR count). The lowest BCUT2D eigenvalue weighted by molar-refractivity contribution is -0.118. The summed E-state index contributed by atoms with van der Waals surface area (Å²) in [6.07, 6.45) is 6.20. The molecule has 1 saturated carbocycles. The van der Waals surface area contributed by atoms with Gasteiger partial charge in [0, 0.05) is 30.6 Å². The van der Waals surface area contributed by atoms with Crippen molar-refractivity contribution >= 4 is 33.0 Å². The van der Waals surface area contributed by atoms with Gasteiger partial charge in [-0.3, -0.25) is 9.69 Å². The standard InChI is InChI=1S/C24H31N3O4S2/c1-31-21-8-7-18(33(29,30)27-11-3-2-4-12-27)15-20(21)25-23(28)16-26-13-9-22-19(10-14-32-22)24(26)17-5-6-17/h7-8,10,14-15,17,24H,2-6,9,11-13,16H2,1H3,(H,25,28). The van der Waals surface area contributed by atoms with Gasteiger partial charge in [-0.15, -0.1) is 11.3 Å². The minimum absolute atomic E-state index is 0.148. The molecule has 1 aliphatic carbocycles. The van der Waals surface area contributed by atoms with Crippen molar-refractivity contribution in [2.75, 3.05) is 38.6 Å². The number of anilines is 1. The van der Waals surface area contributed by atoms with Crippen LogP contribution in [0.25, 0.3) is 0 Å². The molecule has 2 aromatic rings. The quantitative estimate of drug-likeness (QED) is 0.639. The zero-order chi connectivity index (χ0) is 23.0. The molecule has 1 saturated heterocycles. The largest absolute Gasteiger partial charge is 0.495 e. The van der Waals surface area contributed by atoms with Crippen molar-refractivity contribution in [2.24, 2.45) is 5.92 Å². The highest BCUT2D eigenvalue weighted by Gasteiger charge is 2.40. The van der Waals surface area contributed by atoms with Gasteiger partial charge >= 0.3 is 0 Å². The van der Waals surface area contributed by atoms with Gasteiger partial charge in [-0.25, -0.2) is 8.42 Å². The van der Waals surface area contributed by atoms with Crippen LogP contribution in [0.5, 0.6) is 5.75 Å². The van der Waals surface area contributed by atoms with E-state index in [0.717, 1.165) is 32.2 Å². The Labute approximate surface area is 199 Å². The van der Waals surface area contributed by atoms with Gasteiger partial charge in [-0.05, 0) is 73.2 Å². The van der Waals surface area contributed by atoms with E-state index in [1.807, 2.05) is 11.3 Å². The van der Waals surface area contributed by atoms with Gasteiger partial charge < -0.3 is 10.1 Å². The third-order valence-electron chi connectivity index (χ3n) is 6.93. The molecular formula is C24H31N3O4S2. The first-order valence-corrected chi connectivity index (χ1v) is 14.1. The van der Waals surface area contributed by atoms with Gasteiger partial charge in [0.1, 0.15) is 5.75 Å². The minimum Gasteiger partial charge on any atom is -0.495 e. The molecule has 1 N–H and O–H groups in total. The van der Waals surface area contributed by atoms with E-state index in [2.05, 4.69) is 21.7 Å².